The predicted molar refractivity (Wildman–Crippen MR) is 125 cm³/mol. The van der Waals surface area contributed by atoms with E-state index in [1.165, 1.54) is 5.56 Å². The molecule has 1 N–H and O–H groups in total. The molecule has 4 rings (SSSR count). The summed E-state index contributed by atoms with van der Waals surface area (Å²) in [6.07, 6.45) is 1.09. The van der Waals surface area contributed by atoms with Gasteiger partial charge in [-0.1, -0.05) is 67.9 Å². The van der Waals surface area contributed by atoms with E-state index in [2.05, 4.69) is 50.4 Å². The molecular weight excluding hydrogens is 368 g/mol. The van der Waals surface area contributed by atoms with Crippen molar-refractivity contribution in [3.05, 3.63) is 95.6 Å². The maximum absolute atomic E-state index is 13.2. The van der Waals surface area contributed by atoms with E-state index in [0.29, 0.717) is 11.5 Å². The Hall–Kier alpha value is -3.46. The Morgan fingerprint density at radius 2 is 1.73 bits per heavy atom. The number of nitrogens with one attached hydrogen (secondary N) is 1. The fourth-order valence-electron chi connectivity index (χ4n) is 3.64. The maximum atomic E-state index is 13.2. The van der Waals surface area contributed by atoms with Crippen LogP contribution in [0.5, 0.6) is 0 Å². The molecule has 1 atom stereocenters. The van der Waals surface area contributed by atoms with E-state index >= 15 is 0 Å². The molecular formula is C27H26N2O. The van der Waals surface area contributed by atoms with E-state index in [1.54, 1.807) is 0 Å². The van der Waals surface area contributed by atoms with Crippen LogP contribution in [0.4, 0.5) is 5.69 Å². The van der Waals surface area contributed by atoms with Crippen LogP contribution in [0, 0.1) is 6.92 Å². The number of para-hydroxylation sites is 1. The maximum Gasteiger partial charge on any atom is 0.256 e. The molecule has 1 aromatic heterocycles. The number of aromatic nitrogens is 1. The fraction of sp³-hybridized carbons (Fsp3) is 0.185. The van der Waals surface area contributed by atoms with E-state index in [1.807, 2.05) is 54.6 Å². The number of nitrogens with zero attached hydrogens (tertiary/aromatic N) is 1. The van der Waals surface area contributed by atoms with Crippen molar-refractivity contribution < 1.29 is 4.79 Å². The number of pyridine rings is 1. The Morgan fingerprint density at radius 3 is 2.47 bits per heavy atom. The van der Waals surface area contributed by atoms with Crippen LogP contribution in [0.1, 0.15) is 47.7 Å². The summed E-state index contributed by atoms with van der Waals surface area (Å²) < 4.78 is 0. The monoisotopic (exact) mass is 394 g/mol. The lowest BCUT2D eigenvalue weighted by Crippen LogP contribution is -2.13. The van der Waals surface area contributed by atoms with Crippen molar-refractivity contribution in [2.24, 2.45) is 0 Å². The molecule has 1 amide bonds. The number of carbonyl (C=O) groups is 1. The third-order valence-electron chi connectivity index (χ3n) is 5.62. The number of hydrogen-bond acceptors (Lipinski definition) is 2. The van der Waals surface area contributed by atoms with Gasteiger partial charge in [0, 0.05) is 16.6 Å². The van der Waals surface area contributed by atoms with Crippen LogP contribution in [-0.4, -0.2) is 10.9 Å². The number of rotatable bonds is 5. The van der Waals surface area contributed by atoms with Crippen molar-refractivity contribution in [2.45, 2.75) is 33.1 Å². The number of amides is 1. The van der Waals surface area contributed by atoms with E-state index in [0.717, 1.165) is 39.8 Å². The number of carbonyl (C=O) groups excluding carboxylic acids is 1. The summed E-state index contributed by atoms with van der Waals surface area (Å²) in [5.41, 5.74) is 6.49. The molecule has 1 heterocycles. The van der Waals surface area contributed by atoms with Gasteiger partial charge >= 0.3 is 0 Å². The van der Waals surface area contributed by atoms with Gasteiger partial charge in [-0.25, -0.2) is 4.98 Å². The second-order valence-electron chi connectivity index (χ2n) is 7.83. The Labute approximate surface area is 177 Å². The smallest absolute Gasteiger partial charge is 0.256 e. The van der Waals surface area contributed by atoms with E-state index in [4.69, 9.17) is 4.98 Å². The van der Waals surface area contributed by atoms with Crippen LogP contribution in [0.3, 0.4) is 0 Å². The minimum absolute atomic E-state index is 0.126. The van der Waals surface area contributed by atoms with Gasteiger partial charge in [-0.15, -0.1) is 0 Å². The third-order valence-corrected chi connectivity index (χ3v) is 5.62. The lowest BCUT2D eigenvalue weighted by Gasteiger charge is -2.12. The van der Waals surface area contributed by atoms with Crippen LogP contribution < -0.4 is 5.32 Å². The first-order valence-corrected chi connectivity index (χ1v) is 10.4. The molecule has 30 heavy (non-hydrogen) atoms. The molecule has 0 bridgehead atoms. The fourth-order valence-corrected chi connectivity index (χ4v) is 3.64. The molecule has 3 aromatic carbocycles. The van der Waals surface area contributed by atoms with Gasteiger partial charge in [0.15, 0.2) is 0 Å². The summed E-state index contributed by atoms with van der Waals surface area (Å²) in [5, 5.41) is 3.91. The van der Waals surface area contributed by atoms with Crippen LogP contribution in [0.25, 0.3) is 22.2 Å². The van der Waals surface area contributed by atoms with Crippen molar-refractivity contribution in [1.82, 2.24) is 4.98 Å². The highest BCUT2D eigenvalue weighted by Gasteiger charge is 2.14. The molecule has 0 aliphatic carbocycles. The Bertz CT molecular complexity index is 1200. The minimum Gasteiger partial charge on any atom is -0.322 e. The van der Waals surface area contributed by atoms with Crippen molar-refractivity contribution in [1.29, 1.82) is 0 Å². The van der Waals surface area contributed by atoms with Gasteiger partial charge in [-0.05, 0) is 55.2 Å². The Morgan fingerprint density at radius 1 is 0.967 bits per heavy atom. The summed E-state index contributed by atoms with van der Waals surface area (Å²) in [5.74, 6) is 0.384. The zero-order chi connectivity index (χ0) is 21.1. The number of anilines is 1. The quantitative estimate of drug-likeness (QED) is 0.397. The van der Waals surface area contributed by atoms with Gasteiger partial charge in [0.05, 0.1) is 16.8 Å². The van der Waals surface area contributed by atoms with E-state index in [9.17, 15) is 4.79 Å². The summed E-state index contributed by atoms with van der Waals surface area (Å²) in [7, 11) is 0. The second-order valence-corrected chi connectivity index (χ2v) is 7.83. The largest absolute Gasteiger partial charge is 0.322 e. The number of aryl methyl sites for hydroxylation is 1. The first-order chi connectivity index (χ1) is 14.5. The standard InChI is InChI=1S/C27H26N2O/c1-4-19(3)20-12-14-22(15-13-20)28-27(30)24-17-26(21-9-7-8-18(2)16-21)29-25-11-6-5-10-23(24)25/h5-17,19H,4H2,1-3H3,(H,28,30). The molecule has 0 saturated heterocycles. The topological polar surface area (TPSA) is 42.0 Å². The third kappa shape index (κ3) is 4.11. The average Bonchev–Trinajstić information content (AvgIpc) is 2.78. The van der Waals surface area contributed by atoms with Crippen molar-refractivity contribution in [3.8, 4) is 11.3 Å². The van der Waals surface area contributed by atoms with Crippen LogP contribution in [0.2, 0.25) is 0 Å². The highest BCUT2D eigenvalue weighted by molar-refractivity contribution is 6.13. The van der Waals surface area contributed by atoms with E-state index in [-0.39, 0.29) is 5.91 Å². The molecule has 0 aliphatic heterocycles. The molecule has 4 aromatic rings. The number of hydrogen-bond donors (Lipinski definition) is 1. The lowest BCUT2D eigenvalue weighted by molar-refractivity contribution is 0.102. The van der Waals surface area contributed by atoms with Crippen molar-refractivity contribution in [3.63, 3.8) is 0 Å². The minimum atomic E-state index is -0.126. The van der Waals surface area contributed by atoms with Gasteiger partial charge in [-0.2, -0.15) is 0 Å². The molecule has 150 valence electrons. The zero-order valence-corrected chi connectivity index (χ0v) is 17.6. The van der Waals surface area contributed by atoms with Crippen molar-refractivity contribution in [2.75, 3.05) is 5.32 Å². The summed E-state index contributed by atoms with van der Waals surface area (Å²) >= 11 is 0. The molecule has 0 fully saturated rings. The molecule has 0 aliphatic rings. The highest BCUT2D eigenvalue weighted by atomic mass is 16.1. The summed E-state index contributed by atoms with van der Waals surface area (Å²) in [6.45, 7) is 6.45. The van der Waals surface area contributed by atoms with Crippen LogP contribution in [-0.2, 0) is 0 Å². The summed E-state index contributed by atoms with van der Waals surface area (Å²) in [4.78, 5) is 18.0. The zero-order valence-electron chi connectivity index (χ0n) is 17.6. The molecule has 0 spiro atoms. The molecule has 0 saturated carbocycles. The summed E-state index contributed by atoms with van der Waals surface area (Å²) in [6, 6.07) is 26.0. The first kappa shape index (κ1) is 19.8. The van der Waals surface area contributed by atoms with Gasteiger partial charge < -0.3 is 5.32 Å². The van der Waals surface area contributed by atoms with Gasteiger partial charge in [0.1, 0.15) is 0 Å². The van der Waals surface area contributed by atoms with Gasteiger partial charge in [0.2, 0.25) is 0 Å². The molecule has 0 radical (unpaired) electrons. The van der Waals surface area contributed by atoms with E-state index < -0.39 is 0 Å². The van der Waals surface area contributed by atoms with Crippen molar-refractivity contribution >= 4 is 22.5 Å². The SMILES string of the molecule is CCC(C)c1ccc(NC(=O)c2cc(-c3cccc(C)c3)nc3ccccc23)cc1. The Balaban J connectivity index is 1.71. The molecule has 3 nitrogen and oxygen atoms in total. The van der Waals surface area contributed by atoms with Crippen LogP contribution in [0.15, 0.2) is 78.9 Å². The highest BCUT2D eigenvalue weighted by Crippen LogP contribution is 2.27. The number of fused-ring (bicyclic) bond motifs is 1. The number of benzene rings is 3. The average molecular weight is 395 g/mol. The second kappa shape index (κ2) is 8.50. The lowest BCUT2D eigenvalue weighted by atomic mass is 9.98. The predicted octanol–water partition coefficient (Wildman–Crippen LogP) is 6.98. The van der Waals surface area contributed by atoms with Crippen LogP contribution >= 0.6 is 0 Å². The molecule has 3 heteroatoms. The normalized spacial score (nSPS) is 12.0. The molecule has 1 unspecified atom stereocenters. The first-order valence-electron chi connectivity index (χ1n) is 10.4. The van der Waals surface area contributed by atoms with Gasteiger partial charge in [0.25, 0.3) is 5.91 Å². The van der Waals surface area contributed by atoms with Gasteiger partial charge in [-0.3, -0.25) is 4.79 Å². The Kier molecular flexibility index (Phi) is 5.62.